The summed E-state index contributed by atoms with van der Waals surface area (Å²) in [5, 5.41) is 12.9. The molecule has 3 aromatic rings. The smallest absolute Gasteiger partial charge is 0.185 e. The SMILES string of the molecule is C=C/C(=C(\CN)Cc1ccc(F)cc1C)c1cc(C=C)c2nnc(C)n2n1. The molecule has 0 amide bonds. The van der Waals surface area contributed by atoms with E-state index >= 15 is 0 Å². The van der Waals surface area contributed by atoms with E-state index in [1.54, 1.807) is 22.7 Å². The van der Waals surface area contributed by atoms with Gasteiger partial charge in [0, 0.05) is 17.7 Å². The van der Waals surface area contributed by atoms with E-state index in [9.17, 15) is 4.39 Å². The van der Waals surface area contributed by atoms with E-state index in [-0.39, 0.29) is 5.82 Å². The highest BCUT2D eigenvalue weighted by Gasteiger charge is 2.14. The van der Waals surface area contributed by atoms with E-state index in [4.69, 9.17) is 5.73 Å². The summed E-state index contributed by atoms with van der Waals surface area (Å²) in [6, 6.07) is 6.68. The molecule has 0 fully saturated rings. The molecular weight excluding hydrogens is 341 g/mol. The van der Waals surface area contributed by atoms with Gasteiger partial charge in [0.15, 0.2) is 11.5 Å². The molecule has 27 heavy (non-hydrogen) atoms. The first-order valence-corrected chi connectivity index (χ1v) is 8.64. The number of benzene rings is 1. The summed E-state index contributed by atoms with van der Waals surface area (Å²) >= 11 is 0. The topological polar surface area (TPSA) is 69.1 Å². The number of rotatable bonds is 6. The van der Waals surface area contributed by atoms with E-state index in [0.29, 0.717) is 24.4 Å². The van der Waals surface area contributed by atoms with Crippen molar-refractivity contribution in [1.82, 2.24) is 19.8 Å². The molecule has 2 aromatic heterocycles. The molecule has 0 unspecified atom stereocenters. The van der Waals surface area contributed by atoms with Crippen LogP contribution in [0.4, 0.5) is 4.39 Å². The van der Waals surface area contributed by atoms with Gasteiger partial charge < -0.3 is 5.73 Å². The molecule has 2 heterocycles. The molecule has 0 aliphatic carbocycles. The number of hydrogen-bond acceptors (Lipinski definition) is 4. The molecule has 0 radical (unpaired) electrons. The molecule has 0 atom stereocenters. The first-order chi connectivity index (χ1) is 13.0. The fourth-order valence-electron chi connectivity index (χ4n) is 3.08. The van der Waals surface area contributed by atoms with Gasteiger partial charge in [0.1, 0.15) is 5.82 Å². The third kappa shape index (κ3) is 3.57. The number of nitrogens with zero attached hydrogens (tertiary/aromatic N) is 4. The number of fused-ring (bicyclic) bond motifs is 1. The van der Waals surface area contributed by atoms with Gasteiger partial charge in [0.25, 0.3) is 0 Å². The zero-order chi connectivity index (χ0) is 19.6. The van der Waals surface area contributed by atoms with Gasteiger partial charge in [-0.25, -0.2) is 4.39 Å². The van der Waals surface area contributed by atoms with Gasteiger partial charge in [-0.2, -0.15) is 9.61 Å². The van der Waals surface area contributed by atoms with Crippen molar-refractivity contribution in [2.75, 3.05) is 6.54 Å². The van der Waals surface area contributed by atoms with Gasteiger partial charge in [-0.3, -0.25) is 0 Å². The molecule has 3 rings (SSSR count). The Bertz CT molecular complexity index is 1060. The molecule has 1 aromatic carbocycles. The second kappa shape index (κ2) is 7.63. The Labute approximate surface area is 157 Å². The van der Waals surface area contributed by atoms with E-state index in [1.807, 2.05) is 19.9 Å². The lowest BCUT2D eigenvalue weighted by Crippen LogP contribution is -2.11. The van der Waals surface area contributed by atoms with Crippen LogP contribution in [0.1, 0.15) is 28.2 Å². The predicted octanol–water partition coefficient (Wildman–Crippen LogP) is 3.66. The summed E-state index contributed by atoms with van der Waals surface area (Å²) in [5.41, 5.74) is 12.0. The van der Waals surface area contributed by atoms with Gasteiger partial charge in [-0.15, -0.1) is 10.2 Å². The third-order valence-corrected chi connectivity index (χ3v) is 4.59. The summed E-state index contributed by atoms with van der Waals surface area (Å²) in [6.07, 6.45) is 4.07. The molecule has 0 saturated carbocycles. The number of halogens is 1. The van der Waals surface area contributed by atoms with Gasteiger partial charge >= 0.3 is 0 Å². The van der Waals surface area contributed by atoms with Crippen LogP contribution in [0.2, 0.25) is 0 Å². The Balaban J connectivity index is 2.15. The lowest BCUT2D eigenvalue weighted by atomic mass is 9.95. The molecule has 0 bridgehead atoms. The molecular formula is C21H22FN5. The van der Waals surface area contributed by atoms with Crippen LogP contribution in [0, 0.1) is 19.7 Å². The highest BCUT2D eigenvalue weighted by atomic mass is 19.1. The monoisotopic (exact) mass is 363 g/mol. The number of aromatic nitrogens is 4. The summed E-state index contributed by atoms with van der Waals surface area (Å²) < 4.78 is 15.1. The average Bonchev–Trinajstić information content (AvgIpc) is 3.03. The Hall–Kier alpha value is -3.12. The van der Waals surface area contributed by atoms with Crippen LogP contribution in [-0.2, 0) is 6.42 Å². The van der Waals surface area contributed by atoms with E-state index < -0.39 is 0 Å². The largest absolute Gasteiger partial charge is 0.327 e. The zero-order valence-corrected chi connectivity index (χ0v) is 15.5. The maximum absolute atomic E-state index is 13.4. The maximum atomic E-state index is 13.4. The molecule has 0 aliphatic rings. The van der Waals surface area contributed by atoms with E-state index in [0.717, 1.165) is 33.5 Å². The second-order valence-corrected chi connectivity index (χ2v) is 6.34. The van der Waals surface area contributed by atoms with Gasteiger partial charge in [-0.05, 0) is 55.2 Å². The fraction of sp³-hybridized carbons (Fsp3) is 0.190. The van der Waals surface area contributed by atoms with Crippen LogP contribution in [0.15, 0.2) is 49.1 Å². The van der Waals surface area contributed by atoms with Crippen molar-refractivity contribution in [3.63, 3.8) is 0 Å². The normalized spacial score (nSPS) is 12.1. The third-order valence-electron chi connectivity index (χ3n) is 4.59. The fourth-order valence-corrected chi connectivity index (χ4v) is 3.08. The number of aryl methyl sites for hydroxylation is 2. The molecule has 138 valence electrons. The predicted molar refractivity (Wildman–Crippen MR) is 107 cm³/mol. The Morgan fingerprint density at radius 3 is 2.63 bits per heavy atom. The minimum atomic E-state index is -0.246. The van der Waals surface area contributed by atoms with Crippen molar-refractivity contribution in [1.29, 1.82) is 0 Å². The number of nitrogens with two attached hydrogens (primary N) is 1. The van der Waals surface area contributed by atoms with Crippen LogP contribution in [0.3, 0.4) is 0 Å². The second-order valence-electron chi connectivity index (χ2n) is 6.34. The Kier molecular flexibility index (Phi) is 5.28. The lowest BCUT2D eigenvalue weighted by molar-refractivity contribution is 0.625. The maximum Gasteiger partial charge on any atom is 0.185 e. The zero-order valence-electron chi connectivity index (χ0n) is 15.5. The molecule has 5 nitrogen and oxygen atoms in total. The highest BCUT2D eigenvalue weighted by Crippen LogP contribution is 2.24. The Morgan fingerprint density at radius 2 is 2.00 bits per heavy atom. The molecule has 0 aliphatic heterocycles. The minimum absolute atomic E-state index is 0.246. The first-order valence-electron chi connectivity index (χ1n) is 8.64. The van der Waals surface area contributed by atoms with E-state index in [2.05, 4.69) is 28.5 Å². The molecule has 6 heteroatoms. The highest BCUT2D eigenvalue weighted by molar-refractivity contribution is 5.77. The lowest BCUT2D eigenvalue weighted by Gasteiger charge is -2.14. The van der Waals surface area contributed by atoms with E-state index in [1.165, 1.54) is 12.1 Å². The van der Waals surface area contributed by atoms with Crippen molar-refractivity contribution in [3.8, 4) is 0 Å². The van der Waals surface area contributed by atoms with Crippen molar-refractivity contribution in [3.05, 3.63) is 83.1 Å². The van der Waals surface area contributed by atoms with Crippen LogP contribution in [-0.4, -0.2) is 26.4 Å². The first kappa shape index (κ1) is 18.7. The van der Waals surface area contributed by atoms with Crippen LogP contribution in [0.25, 0.3) is 17.3 Å². The van der Waals surface area contributed by atoms with Gasteiger partial charge in [0.2, 0.25) is 0 Å². The van der Waals surface area contributed by atoms with Gasteiger partial charge in [-0.1, -0.05) is 31.4 Å². The summed E-state index contributed by atoms with van der Waals surface area (Å²) in [4.78, 5) is 0. The quantitative estimate of drug-likeness (QED) is 0.679. The van der Waals surface area contributed by atoms with Crippen LogP contribution in [0.5, 0.6) is 0 Å². The molecule has 0 spiro atoms. The molecule has 0 saturated heterocycles. The minimum Gasteiger partial charge on any atom is -0.327 e. The Morgan fingerprint density at radius 1 is 1.22 bits per heavy atom. The van der Waals surface area contributed by atoms with Crippen LogP contribution >= 0.6 is 0 Å². The average molecular weight is 363 g/mol. The summed E-state index contributed by atoms with van der Waals surface area (Å²) in [6.45, 7) is 11.9. The summed E-state index contributed by atoms with van der Waals surface area (Å²) in [5.74, 6) is 0.436. The van der Waals surface area contributed by atoms with Crippen LogP contribution < -0.4 is 5.73 Å². The number of hydrogen-bond donors (Lipinski definition) is 1. The van der Waals surface area contributed by atoms with Gasteiger partial charge in [0.05, 0.1) is 5.69 Å². The molecule has 2 N–H and O–H groups in total. The van der Waals surface area contributed by atoms with Crippen molar-refractivity contribution >= 4 is 17.3 Å². The van der Waals surface area contributed by atoms with Crippen molar-refractivity contribution in [2.24, 2.45) is 5.73 Å². The number of allylic oxidation sites excluding steroid dienone is 2. The van der Waals surface area contributed by atoms with Crippen molar-refractivity contribution < 1.29 is 4.39 Å². The summed E-state index contributed by atoms with van der Waals surface area (Å²) in [7, 11) is 0. The standard InChI is InChI=1S/C21H22FN5/c1-5-15-11-20(26-27-14(4)24-25-21(15)27)19(6-2)17(12-23)10-16-7-8-18(22)9-13(16)3/h5-9,11H,1-2,10,12,23H2,3-4H3/b19-17+. The van der Waals surface area contributed by atoms with Crippen molar-refractivity contribution in [2.45, 2.75) is 20.3 Å².